The largest absolute Gasteiger partial charge is 0.317 e. The van der Waals surface area contributed by atoms with Crippen molar-refractivity contribution in [1.29, 1.82) is 0 Å². The van der Waals surface area contributed by atoms with E-state index in [0.29, 0.717) is 6.04 Å². The van der Waals surface area contributed by atoms with E-state index in [1.54, 1.807) is 0 Å². The topological polar surface area (TPSA) is 24.1 Å². The number of hydrogen-bond acceptors (Lipinski definition) is 3. The minimum atomic E-state index is 0.489. The molecule has 0 fully saturated rings. The van der Waals surface area contributed by atoms with E-state index in [9.17, 15) is 0 Å². The van der Waals surface area contributed by atoms with E-state index in [-0.39, 0.29) is 0 Å². The highest BCUT2D eigenvalue weighted by Crippen LogP contribution is 2.11. The smallest absolute Gasteiger partial charge is 0.0452 e. The summed E-state index contributed by atoms with van der Waals surface area (Å²) >= 11 is 1.52. The molecule has 1 rings (SSSR count). The molecule has 0 aliphatic rings. The average Bonchev–Trinajstić information content (AvgIpc) is 2.08. The van der Waals surface area contributed by atoms with E-state index in [2.05, 4.69) is 54.5 Å². The maximum atomic E-state index is 3.21. The third kappa shape index (κ3) is 4.20. The molecule has 0 aromatic heterocycles. The molecule has 13 heavy (non-hydrogen) atoms. The molecule has 3 heteroatoms. The van der Waals surface area contributed by atoms with Gasteiger partial charge in [-0.15, -0.1) is 0 Å². The van der Waals surface area contributed by atoms with Crippen LogP contribution >= 0.6 is 12.1 Å². The number of nitrogens with one attached hydrogen (secondary N) is 2. The van der Waals surface area contributed by atoms with Gasteiger partial charge >= 0.3 is 0 Å². The zero-order valence-corrected chi connectivity index (χ0v) is 9.11. The molecule has 2 N–H and O–H groups in total. The molecule has 0 spiro atoms. The summed E-state index contributed by atoms with van der Waals surface area (Å²) in [6, 6.07) is 8.83. The Balaban J connectivity index is 2.33. The highest BCUT2D eigenvalue weighted by Gasteiger charge is 1.93. The Morgan fingerprint density at radius 1 is 1.15 bits per heavy atom. The van der Waals surface area contributed by atoms with E-state index in [1.165, 1.54) is 17.7 Å². The van der Waals surface area contributed by atoms with Crippen molar-refractivity contribution in [2.45, 2.75) is 26.8 Å². The molecule has 0 heterocycles. The SMILES string of the molecule is Cc1ccc(NSNC(C)C)cc1. The van der Waals surface area contributed by atoms with Gasteiger partial charge < -0.3 is 4.72 Å². The molecule has 0 aliphatic heterocycles. The number of anilines is 1. The van der Waals surface area contributed by atoms with Crippen LogP contribution in [-0.4, -0.2) is 6.04 Å². The Hall–Kier alpha value is -0.670. The predicted octanol–water partition coefficient (Wildman–Crippen LogP) is 2.97. The first-order valence-corrected chi connectivity index (χ1v) is 5.24. The predicted molar refractivity (Wildman–Crippen MR) is 60.7 cm³/mol. The van der Waals surface area contributed by atoms with E-state index < -0.39 is 0 Å². The number of aryl methyl sites for hydroxylation is 1. The van der Waals surface area contributed by atoms with Gasteiger partial charge in [-0.2, -0.15) is 0 Å². The van der Waals surface area contributed by atoms with Crippen molar-refractivity contribution in [2.24, 2.45) is 0 Å². The van der Waals surface area contributed by atoms with Gasteiger partial charge in [-0.05, 0) is 32.9 Å². The summed E-state index contributed by atoms with van der Waals surface area (Å²) in [6.45, 7) is 6.32. The fourth-order valence-electron chi connectivity index (χ4n) is 0.828. The number of benzene rings is 1. The second-order valence-electron chi connectivity index (χ2n) is 3.34. The summed E-state index contributed by atoms with van der Waals surface area (Å²) in [5.41, 5.74) is 2.41. The van der Waals surface area contributed by atoms with Crippen LogP contribution in [0.5, 0.6) is 0 Å². The Morgan fingerprint density at radius 2 is 1.77 bits per heavy atom. The normalized spacial score (nSPS) is 10.5. The van der Waals surface area contributed by atoms with Crippen molar-refractivity contribution in [2.75, 3.05) is 4.72 Å². The molecule has 0 saturated heterocycles. The molecule has 0 amide bonds. The van der Waals surface area contributed by atoms with Gasteiger partial charge in [0.1, 0.15) is 0 Å². The van der Waals surface area contributed by atoms with E-state index in [0.717, 1.165) is 5.69 Å². The first-order valence-electron chi connectivity index (χ1n) is 4.42. The lowest BCUT2D eigenvalue weighted by Crippen LogP contribution is -2.16. The molecular weight excluding hydrogens is 180 g/mol. The molecule has 0 radical (unpaired) electrons. The van der Waals surface area contributed by atoms with E-state index in [1.807, 2.05) is 0 Å². The van der Waals surface area contributed by atoms with Crippen LogP contribution in [0, 0.1) is 6.92 Å². The van der Waals surface area contributed by atoms with Crippen LogP contribution in [0.3, 0.4) is 0 Å². The minimum absolute atomic E-state index is 0.489. The third-order valence-corrected chi connectivity index (χ3v) is 2.44. The zero-order valence-electron chi connectivity index (χ0n) is 8.29. The Morgan fingerprint density at radius 3 is 2.31 bits per heavy atom. The zero-order chi connectivity index (χ0) is 9.68. The Labute approximate surface area is 84.4 Å². The van der Waals surface area contributed by atoms with Crippen molar-refractivity contribution < 1.29 is 0 Å². The summed E-state index contributed by atoms with van der Waals surface area (Å²) in [5.74, 6) is 0. The standard InChI is InChI=1S/C10H16N2S/c1-8(2)11-13-12-10-6-4-9(3)5-7-10/h4-8,11-12H,1-3H3. The van der Waals surface area contributed by atoms with Crippen LogP contribution in [0.15, 0.2) is 24.3 Å². The highest BCUT2D eigenvalue weighted by molar-refractivity contribution is 7.98. The first-order chi connectivity index (χ1) is 6.18. The van der Waals surface area contributed by atoms with Crippen molar-refractivity contribution in [1.82, 2.24) is 4.72 Å². The summed E-state index contributed by atoms with van der Waals surface area (Å²) < 4.78 is 6.42. The van der Waals surface area contributed by atoms with Crippen LogP contribution in [0.25, 0.3) is 0 Å². The van der Waals surface area contributed by atoms with Gasteiger partial charge in [-0.3, -0.25) is 0 Å². The van der Waals surface area contributed by atoms with Gasteiger partial charge in [-0.25, -0.2) is 4.72 Å². The Bertz CT molecular complexity index is 244. The molecular formula is C10H16N2S. The molecule has 1 aromatic carbocycles. The van der Waals surface area contributed by atoms with Crippen molar-refractivity contribution >= 4 is 17.8 Å². The van der Waals surface area contributed by atoms with Crippen molar-refractivity contribution in [3.05, 3.63) is 29.8 Å². The molecule has 0 bridgehead atoms. The molecule has 0 unspecified atom stereocenters. The van der Waals surface area contributed by atoms with Gasteiger partial charge in [0.2, 0.25) is 0 Å². The summed E-state index contributed by atoms with van der Waals surface area (Å²) in [5, 5.41) is 0. The molecule has 0 saturated carbocycles. The quantitative estimate of drug-likeness (QED) is 0.724. The van der Waals surface area contributed by atoms with Gasteiger partial charge in [0.05, 0.1) is 0 Å². The lowest BCUT2D eigenvalue weighted by atomic mass is 10.2. The molecule has 0 atom stereocenters. The fourth-order valence-corrected chi connectivity index (χ4v) is 1.38. The van der Waals surface area contributed by atoms with Gasteiger partial charge in [-0.1, -0.05) is 17.7 Å². The summed E-state index contributed by atoms with van der Waals surface area (Å²) in [7, 11) is 0. The summed E-state index contributed by atoms with van der Waals surface area (Å²) in [4.78, 5) is 0. The molecule has 72 valence electrons. The van der Waals surface area contributed by atoms with Crippen molar-refractivity contribution in [3.63, 3.8) is 0 Å². The van der Waals surface area contributed by atoms with Crippen molar-refractivity contribution in [3.8, 4) is 0 Å². The van der Waals surface area contributed by atoms with Gasteiger partial charge in [0, 0.05) is 23.9 Å². The monoisotopic (exact) mass is 196 g/mol. The van der Waals surface area contributed by atoms with Crippen LogP contribution in [0.1, 0.15) is 19.4 Å². The highest BCUT2D eigenvalue weighted by atomic mass is 32.2. The lowest BCUT2D eigenvalue weighted by Gasteiger charge is -2.08. The molecule has 2 nitrogen and oxygen atoms in total. The van der Waals surface area contributed by atoms with Crippen LogP contribution in [0.4, 0.5) is 5.69 Å². The third-order valence-electron chi connectivity index (χ3n) is 1.52. The fraction of sp³-hybridized carbons (Fsp3) is 0.400. The van der Waals surface area contributed by atoms with Crippen LogP contribution in [-0.2, 0) is 0 Å². The summed E-state index contributed by atoms with van der Waals surface area (Å²) in [6.07, 6.45) is 0. The van der Waals surface area contributed by atoms with E-state index >= 15 is 0 Å². The maximum absolute atomic E-state index is 3.21. The van der Waals surface area contributed by atoms with Gasteiger partial charge in [0.25, 0.3) is 0 Å². The second kappa shape index (κ2) is 5.14. The number of hydrogen-bond donors (Lipinski definition) is 2. The number of rotatable bonds is 4. The van der Waals surface area contributed by atoms with Crippen LogP contribution < -0.4 is 9.44 Å². The van der Waals surface area contributed by atoms with E-state index in [4.69, 9.17) is 0 Å². The molecule has 1 aromatic rings. The maximum Gasteiger partial charge on any atom is 0.0452 e. The minimum Gasteiger partial charge on any atom is -0.317 e. The lowest BCUT2D eigenvalue weighted by molar-refractivity contribution is 0.772. The Kier molecular flexibility index (Phi) is 4.12. The van der Waals surface area contributed by atoms with Gasteiger partial charge in [0.15, 0.2) is 0 Å². The second-order valence-corrected chi connectivity index (χ2v) is 3.99. The first kappa shape index (κ1) is 10.4. The average molecular weight is 196 g/mol. The molecule has 0 aliphatic carbocycles. The van der Waals surface area contributed by atoms with Crippen LogP contribution in [0.2, 0.25) is 0 Å².